The zero-order chi connectivity index (χ0) is 23.1. The Morgan fingerprint density at radius 2 is 1.93 bits per heavy atom. The van der Waals surface area contributed by atoms with Crippen LogP contribution in [0.15, 0.2) is 21.3 Å². The van der Waals surface area contributed by atoms with Crippen LogP contribution in [0.5, 0.6) is 0 Å². The molecule has 5 atom stereocenters. The van der Waals surface area contributed by atoms with Crippen molar-refractivity contribution in [1.82, 2.24) is 0 Å². The molecule has 0 unspecified atom stereocenters. The number of Topliss-reactive ketones (excluding diaryl/α,β-unsaturated/α-hetero) is 1. The van der Waals surface area contributed by atoms with E-state index in [-0.39, 0.29) is 24.7 Å². The van der Waals surface area contributed by atoms with E-state index in [4.69, 9.17) is 4.74 Å². The summed E-state index contributed by atoms with van der Waals surface area (Å²) < 4.78 is 7.44. The second kappa shape index (κ2) is 12.3. The van der Waals surface area contributed by atoms with Crippen molar-refractivity contribution in [3.8, 4) is 0 Å². The summed E-state index contributed by atoms with van der Waals surface area (Å²) in [5.41, 5.74) is 0.536. The second-order valence-corrected chi connectivity index (χ2v) is 9.67. The van der Waals surface area contributed by atoms with Crippen molar-refractivity contribution in [3.63, 3.8) is 0 Å². The van der Waals surface area contributed by atoms with Gasteiger partial charge in [0.2, 0.25) is 0 Å². The number of carbonyl (C=O) groups excluding carboxylic acids is 2. The molecule has 0 aromatic heterocycles. The van der Waals surface area contributed by atoms with Gasteiger partial charge in [-0.1, -0.05) is 56.4 Å². The zero-order valence-corrected chi connectivity index (χ0v) is 20.9. The average Bonchev–Trinajstić information content (AvgIpc) is 2.71. The molecule has 0 amide bonds. The monoisotopic (exact) mass is 536 g/mol. The van der Waals surface area contributed by atoms with Crippen LogP contribution in [0.3, 0.4) is 0 Å². The predicted octanol–water partition coefficient (Wildman–Crippen LogP) is 3.71. The van der Waals surface area contributed by atoms with Crippen LogP contribution in [0.2, 0.25) is 0 Å². The molecule has 6 nitrogen and oxygen atoms in total. The lowest BCUT2D eigenvalue weighted by Crippen LogP contribution is -2.45. The van der Waals surface area contributed by atoms with E-state index in [1.54, 1.807) is 20.8 Å². The third-order valence-corrected chi connectivity index (χ3v) is 7.25. The van der Waals surface area contributed by atoms with Gasteiger partial charge in [0.25, 0.3) is 0 Å². The molecule has 0 saturated heterocycles. The Hall–Kier alpha value is -0.770. The number of ketones is 1. The fraction of sp³-hybridized carbons (Fsp3) is 0.739. The van der Waals surface area contributed by atoms with E-state index in [1.165, 1.54) is 0 Å². The first kappa shape index (κ1) is 27.3. The highest BCUT2D eigenvalue weighted by atomic mass is 127. The molecule has 30 heavy (non-hydrogen) atoms. The quantitative estimate of drug-likeness (QED) is 0.283. The molecular formula is C23H37IO6. The molecule has 0 radical (unpaired) electrons. The first-order chi connectivity index (χ1) is 13.9. The van der Waals surface area contributed by atoms with Gasteiger partial charge in [0.1, 0.15) is 11.9 Å². The number of hydrogen-bond acceptors (Lipinski definition) is 6. The fourth-order valence-electron chi connectivity index (χ4n) is 3.76. The molecule has 3 N–H and O–H groups in total. The first-order valence-corrected chi connectivity index (χ1v) is 11.9. The van der Waals surface area contributed by atoms with Crippen LogP contribution in [-0.2, 0) is 14.3 Å². The molecule has 1 rings (SSSR count). The van der Waals surface area contributed by atoms with E-state index >= 15 is 0 Å². The van der Waals surface area contributed by atoms with Gasteiger partial charge < -0.3 is 20.1 Å². The van der Waals surface area contributed by atoms with Crippen LogP contribution in [0.4, 0.5) is 0 Å². The van der Waals surface area contributed by atoms with E-state index in [1.807, 2.05) is 24.0 Å². The normalized spacial score (nSPS) is 33.0. The number of aliphatic hydroxyl groups is 3. The highest BCUT2D eigenvalue weighted by Crippen LogP contribution is 2.32. The minimum atomic E-state index is -1.22. The molecule has 0 bridgehead atoms. The van der Waals surface area contributed by atoms with Crippen LogP contribution in [0.1, 0.15) is 66.7 Å². The van der Waals surface area contributed by atoms with E-state index in [0.29, 0.717) is 19.3 Å². The van der Waals surface area contributed by atoms with Crippen molar-refractivity contribution in [2.75, 3.05) is 6.61 Å². The molecule has 1 heterocycles. The Balaban J connectivity index is 3.22. The summed E-state index contributed by atoms with van der Waals surface area (Å²) in [4.78, 5) is 25.5. The first-order valence-electron chi connectivity index (χ1n) is 10.6. The highest BCUT2D eigenvalue weighted by molar-refractivity contribution is 14.1. The van der Waals surface area contributed by atoms with Gasteiger partial charge in [-0.15, -0.1) is 0 Å². The van der Waals surface area contributed by atoms with Crippen molar-refractivity contribution >= 4 is 34.3 Å². The number of cyclic esters (lactones) is 1. The van der Waals surface area contributed by atoms with Crippen molar-refractivity contribution in [2.45, 2.75) is 85.0 Å². The topological polar surface area (TPSA) is 104 Å². The van der Waals surface area contributed by atoms with Crippen molar-refractivity contribution in [1.29, 1.82) is 0 Å². The summed E-state index contributed by atoms with van der Waals surface area (Å²) in [6.07, 6.45) is 1.63. The average molecular weight is 536 g/mol. The summed E-state index contributed by atoms with van der Waals surface area (Å²) in [5.74, 6) is -1.63. The van der Waals surface area contributed by atoms with Gasteiger partial charge in [0.05, 0.1) is 30.7 Å². The molecule has 0 fully saturated rings. The van der Waals surface area contributed by atoms with Gasteiger partial charge in [0, 0.05) is 12.3 Å². The number of aliphatic hydroxyl groups excluding tert-OH is 3. The van der Waals surface area contributed by atoms with Crippen molar-refractivity contribution in [2.24, 2.45) is 17.3 Å². The summed E-state index contributed by atoms with van der Waals surface area (Å²) in [5, 5.41) is 31.0. The summed E-state index contributed by atoms with van der Waals surface area (Å²) in [7, 11) is 0. The third-order valence-electron chi connectivity index (χ3n) is 6.27. The number of ether oxygens (including phenoxy) is 1. The lowest BCUT2D eigenvalue weighted by Gasteiger charge is -2.34. The SMILES string of the molecule is CC(=CI)[C@@H]1CC=C(CO)CCC[C@H](C)[C@H](O)[C@@H](C)C(=O)C(C)(C)[C@@H](O)CC(=O)O1. The Morgan fingerprint density at radius 1 is 1.30 bits per heavy atom. The smallest absolute Gasteiger partial charge is 0.309 e. The van der Waals surface area contributed by atoms with Crippen LogP contribution < -0.4 is 0 Å². The fourth-order valence-corrected chi connectivity index (χ4v) is 4.16. The van der Waals surface area contributed by atoms with Gasteiger partial charge >= 0.3 is 5.97 Å². The van der Waals surface area contributed by atoms with Gasteiger partial charge in [-0.3, -0.25) is 9.59 Å². The molecule has 1 aliphatic heterocycles. The Bertz CT molecular complexity index is 654. The maximum absolute atomic E-state index is 13.0. The minimum absolute atomic E-state index is 0.0770. The van der Waals surface area contributed by atoms with Crippen LogP contribution in [-0.4, -0.2) is 52.0 Å². The zero-order valence-electron chi connectivity index (χ0n) is 18.7. The largest absolute Gasteiger partial charge is 0.457 e. The molecule has 0 saturated carbocycles. The number of carbonyl (C=O) groups is 2. The van der Waals surface area contributed by atoms with Gasteiger partial charge in [-0.25, -0.2) is 0 Å². The minimum Gasteiger partial charge on any atom is -0.457 e. The third kappa shape index (κ3) is 7.43. The molecule has 0 spiro atoms. The highest BCUT2D eigenvalue weighted by Gasteiger charge is 2.42. The lowest BCUT2D eigenvalue weighted by molar-refractivity contribution is -0.154. The Kier molecular flexibility index (Phi) is 11.2. The molecular weight excluding hydrogens is 499 g/mol. The van der Waals surface area contributed by atoms with Crippen molar-refractivity contribution < 1.29 is 29.6 Å². The predicted molar refractivity (Wildman–Crippen MR) is 125 cm³/mol. The molecule has 0 aromatic carbocycles. The van der Waals surface area contributed by atoms with Crippen LogP contribution in [0.25, 0.3) is 0 Å². The summed E-state index contributed by atoms with van der Waals surface area (Å²) in [6, 6.07) is 0. The molecule has 0 aromatic rings. The molecule has 7 heteroatoms. The van der Waals surface area contributed by atoms with E-state index in [9.17, 15) is 24.9 Å². The van der Waals surface area contributed by atoms with E-state index < -0.39 is 35.6 Å². The molecule has 172 valence electrons. The number of hydrogen-bond donors (Lipinski definition) is 3. The van der Waals surface area contributed by atoms with Gasteiger partial charge in [-0.2, -0.15) is 0 Å². The van der Waals surface area contributed by atoms with Crippen LogP contribution >= 0.6 is 22.6 Å². The Morgan fingerprint density at radius 3 is 2.50 bits per heavy atom. The summed E-state index contributed by atoms with van der Waals surface area (Å²) in [6.45, 7) is 8.58. The summed E-state index contributed by atoms with van der Waals surface area (Å²) >= 11 is 2.09. The molecule has 1 aliphatic rings. The molecule has 0 aliphatic carbocycles. The number of halogens is 1. The second-order valence-electron chi connectivity index (χ2n) is 9.04. The van der Waals surface area contributed by atoms with Gasteiger partial charge in [0.15, 0.2) is 0 Å². The maximum atomic E-state index is 13.0. The van der Waals surface area contributed by atoms with Crippen LogP contribution in [0, 0.1) is 17.3 Å². The number of esters is 1. The van der Waals surface area contributed by atoms with E-state index in [2.05, 4.69) is 22.6 Å². The van der Waals surface area contributed by atoms with Crippen molar-refractivity contribution in [3.05, 3.63) is 21.3 Å². The number of rotatable bonds is 2. The van der Waals surface area contributed by atoms with Gasteiger partial charge in [-0.05, 0) is 47.3 Å². The van der Waals surface area contributed by atoms with E-state index in [0.717, 1.165) is 17.6 Å². The Labute approximate surface area is 193 Å². The maximum Gasteiger partial charge on any atom is 0.309 e. The lowest BCUT2D eigenvalue weighted by atomic mass is 9.73. The standard InChI is InChI=1S/C23H37IO6/c1-14-7-6-8-17(13-25)9-10-18(15(2)12-24)30-20(27)11-19(26)23(4,5)22(29)16(3)21(14)28/h9,12,14,16,18-19,21,25-26,28H,6-8,10-11,13H2,1-5H3/t14-,16+,18-,19-,21-/m0/s1.